The Hall–Kier alpha value is -4.18. The van der Waals surface area contributed by atoms with Crippen LogP contribution in [0.5, 0.6) is 0 Å². The van der Waals surface area contributed by atoms with Crippen molar-refractivity contribution in [3.05, 3.63) is 119 Å². The van der Waals surface area contributed by atoms with Gasteiger partial charge in [0, 0.05) is 40.4 Å². The topological polar surface area (TPSA) is 51.6 Å². The SMILES string of the molecule is Cc1nncc2c(Cc3nccc4c(Cc5ccnc6ccccc56)cccc34)cccc12. The van der Waals surface area contributed by atoms with Crippen LogP contribution in [0.2, 0.25) is 0 Å². The van der Waals surface area contributed by atoms with E-state index in [9.17, 15) is 0 Å². The number of hydrogen-bond donors (Lipinski definition) is 0. The summed E-state index contributed by atoms with van der Waals surface area (Å²) in [5, 5.41) is 14.3. The highest BCUT2D eigenvalue weighted by Gasteiger charge is 2.11. The molecule has 0 spiro atoms. The van der Waals surface area contributed by atoms with Crippen molar-refractivity contribution < 1.29 is 0 Å². The van der Waals surface area contributed by atoms with Crippen LogP contribution in [-0.4, -0.2) is 20.2 Å². The second-order valence-corrected chi connectivity index (χ2v) is 8.42. The van der Waals surface area contributed by atoms with Gasteiger partial charge < -0.3 is 0 Å². The first-order chi connectivity index (χ1) is 16.3. The Morgan fingerprint density at radius 1 is 0.576 bits per heavy atom. The quantitative estimate of drug-likeness (QED) is 0.336. The van der Waals surface area contributed by atoms with Crippen molar-refractivity contribution in [3.8, 4) is 0 Å². The molecule has 0 bridgehead atoms. The molecular weight excluding hydrogens is 404 g/mol. The summed E-state index contributed by atoms with van der Waals surface area (Å²) < 4.78 is 0. The fourth-order valence-electron chi connectivity index (χ4n) is 4.78. The average Bonchev–Trinajstić information content (AvgIpc) is 2.85. The van der Waals surface area contributed by atoms with Crippen LogP contribution < -0.4 is 0 Å². The maximum absolute atomic E-state index is 4.78. The lowest BCUT2D eigenvalue weighted by Crippen LogP contribution is -1.99. The number of fused-ring (bicyclic) bond motifs is 3. The number of rotatable bonds is 4. The molecule has 4 heteroatoms. The number of pyridine rings is 2. The first-order valence-corrected chi connectivity index (χ1v) is 11.2. The monoisotopic (exact) mass is 426 g/mol. The number of aromatic nitrogens is 4. The molecule has 6 aromatic rings. The van der Waals surface area contributed by atoms with Crippen LogP contribution in [0.15, 0.2) is 91.4 Å². The summed E-state index contributed by atoms with van der Waals surface area (Å²) in [6.45, 7) is 2.00. The minimum Gasteiger partial charge on any atom is -0.260 e. The van der Waals surface area contributed by atoms with Gasteiger partial charge in [0.05, 0.1) is 23.1 Å². The molecule has 33 heavy (non-hydrogen) atoms. The van der Waals surface area contributed by atoms with Gasteiger partial charge in [-0.05, 0) is 53.6 Å². The van der Waals surface area contributed by atoms with Crippen molar-refractivity contribution in [2.45, 2.75) is 19.8 Å². The summed E-state index contributed by atoms with van der Waals surface area (Å²) in [6.07, 6.45) is 7.31. The normalized spacial score (nSPS) is 11.4. The zero-order valence-electron chi connectivity index (χ0n) is 18.4. The molecule has 0 aliphatic heterocycles. The molecule has 0 unspecified atom stereocenters. The Kier molecular flexibility index (Phi) is 4.76. The first-order valence-electron chi connectivity index (χ1n) is 11.2. The zero-order valence-corrected chi connectivity index (χ0v) is 18.4. The number of hydrogen-bond acceptors (Lipinski definition) is 4. The van der Waals surface area contributed by atoms with E-state index in [2.05, 4.69) is 81.9 Å². The average molecular weight is 427 g/mol. The third-order valence-corrected chi connectivity index (χ3v) is 6.44. The number of para-hydroxylation sites is 1. The van der Waals surface area contributed by atoms with Gasteiger partial charge in [0.1, 0.15) is 0 Å². The largest absolute Gasteiger partial charge is 0.260 e. The summed E-state index contributed by atoms with van der Waals surface area (Å²) in [4.78, 5) is 9.30. The predicted molar refractivity (Wildman–Crippen MR) is 133 cm³/mol. The molecule has 6 rings (SSSR count). The lowest BCUT2D eigenvalue weighted by Gasteiger charge is -2.12. The van der Waals surface area contributed by atoms with Crippen molar-refractivity contribution in [1.82, 2.24) is 20.2 Å². The van der Waals surface area contributed by atoms with E-state index in [4.69, 9.17) is 4.98 Å². The van der Waals surface area contributed by atoms with Crippen molar-refractivity contribution in [2.24, 2.45) is 0 Å². The highest BCUT2D eigenvalue weighted by Crippen LogP contribution is 2.28. The second kappa shape index (κ2) is 8.06. The van der Waals surface area contributed by atoms with Crippen LogP contribution in [0.1, 0.15) is 28.1 Å². The summed E-state index contributed by atoms with van der Waals surface area (Å²) in [5.41, 5.74) is 6.87. The smallest absolute Gasteiger partial charge is 0.0704 e. The van der Waals surface area contributed by atoms with Gasteiger partial charge >= 0.3 is 0 Å². The van der Waals surface area contributed by atoms with E-state index in [1.165, 1.54) is 32.8 Å². The van der Waals surface area contributed by atoms with Gasteiger partial charge in [0.25, 0.3) is 0 Å². The van der Waals surface area contributed by atoms with Gasteiger partial charge in [-0.15, -0.1) is 0 Å². The van der Waals surface area contributed by atoms with Gasteiger partial charge in [-0.1, -0.05) is 54.6 Å². The van der Waals surface area contributed by atoms with E-state index in [0.717, 1.165) is 40.5 Å². The Bertz CT molecular complexity index is 1630. The summed E-state index contributed by atoms with van der Waals surface area (Å²) in [7, 11) is 0. The maximum Gasteiger partial charge on any atom is 0.0704 e. The van der Waals surface area contributed by atoms with E-state index in [-0.39, 0.29) is 0 Å². The van der Waals surface area contributed by atoms with Crippen LogP contribution in [0.4, 0.5) is 0 Å². The number of nitrogens with zero attached hydrogens (tertiary/aromatic N) is 4. The fourth-order valence-corrected chi connectivity index (χ4v) is 4.78. The van der Waals surface area contributed by atoms with Gasteiger partial charge in [-0.25, -0.2) is 0 Å². The van der Waals surface area contributed by atoms with E-state index < -0.39 is 0 Å². The third-order valence-electron chi connectivity index (χ3n) is 6.44. The second-order valence-electron chi connectivity index (χ2n) is 8.42. The summed E-state index contributed by atoms with van der Waals surface area (Å²) in [5.74, 6) is 0. The van der Waals surface area contributed by atoms with Crippen LogP contribution in [0.3, 0.4) is 0 Å². The number of aryl methyl sites for hydroxylation is 1. The molecule has 0 radical (unpaired) electrons. The molecule has 3 heterocycles. The Balaban J connectivity index is 1.44. The molecular formula is C29H22N4. The van der Waals surface area contributed by atoms with Gasteiger partial charge in [0.2, 0.25) is 0 Å². The molecule has 0 fully saturated rings. The summed E-state index contributed by atoms with van der Waals surface area (Å²) >= 11 is 0. The molecule has 0 saturated heterocycles. The van der Waals surface area contributed by atoms with Crippen LogP contribution in [0.25, 0.3) is 32.4 Å². The zero-order chi connectivity index (χ0) is 22.2. The molecule has 0 aliphatic carbocycles. The lowest BCUT2D eigenvalue weighted by atomic mass is 9.94. The minimum atomic E-state index is 0.751. The van der Waals surface area contributed by atoms with Gasteiger partial charge in [-0.2, -0.15) is 10.2 Å². The molecule has 0 N–H and O–H groups in total. The molecule has 158 valence electrons. The van der Waals surface area contributed by atoms with E-state index in [1.54, 1.807) is 0 Å². The fraction of sp³-hybridized carbons (Fsp3) is 0.103. The lowest BCUT2D eigenvalue weighted by molar-refractivity contribution is 0.998. The van der Waals surface area contributed by atoms with Crippen LogP contribution in [-0.2, 0) is 12.8 Å². The molecule has 3 aromatic carbocycles. The summed E-state index contributed by atoms with van der Waals surface area (Å²) in [6, 6.07) is 25.5. The van der Waals surface area contributed by atoms with Crippen molar-refractivity contribution in [2.75, 3.05) is 0 Å². The Labute approximate surface area is 192 Å². The van der Waals surface area contributed by atoms with Crippen molar-refractivity contribution >= 4 is 32.4 Å². The van der Waals surface area contributed by atoms with Gasteiger partial charge in [-0.3, -0.25) is 9.97 Å². The highest BCUT2D eigenvalue weighted by molar-refractivity contribution is 5.91. The van der Waals surface area contributed by atoms with E-state index in [0.29, 0.717) is 0 Å². The standard InChI is InChI=1S/C29H22N4/c1-19-23-9-4-7-21(27(23)18-32-33-19)17-29-26-10-5-6-20(24(26)13-15-31-29)16-22-12-14-30-28-11-3-2-8-25(22)28/h2-15,18H,16-17H2,1H3. The van der Waals surface area contributed by atoms with Crippen molar-refractivity contribution in [1.29, 1.82) is 0 Å². The first kappa shape index (κ1) is 19.5. The molecule has 0 amide bonds. The predicted octanol–water partition coefficient (Wildman–Crippen LogP) is 6.22. The van der Waals surface area contributed by atoms with E-state index in [1.807, 2.05) is 31.6 Å². The molecule has 0 saturated carbocycles. The highest BCUT2D eigenvalue weighted by atomic mass is 15.1. The van der Waals surface area contributed by atoms with Crippen LogP contribution >= 0.6 is 0 Å². The van der Waals surface area contributed by atoms with Crippen LogP contribution in [0, 0.1) is 6.92 Å². The molecule has 3 aromatic heterocycles. The Morgan fingerprint density at radius 2 is 1.30 bits per heavy atom. The maximum atomic E-state index is 4.78. The molecule has 4 nitrogen and oxygen atoms in total. The van der Waals surface area contributed by atoms with E-state index >= 15 is 0 Å². The number of benzene rings is 3. The third kappa shape index (κ3) is 3.50. The molecule has 0 aliphatic rings. The molecule has 0 atom stereocenters. The van der Waals surface area contributed by atoms with Crippen molar-refractivity contribution in [3.63, 3.8) is 0 Å². The minimum absolute atomic E-state index is 0.751. The van der Waals surface area contributed by atoms with Gasteiger partial charge in [0.15, 0.2) is 0 Å². The Morgan fingerprint density at radius 3 is 2.21 bits per heavy atom.